The number of amides is 1. The minimum absolute atomic E-state index is 0.00227. The molecule has 0 aliphatic carbocycles. The van der Waals surface area contributed by atoms with E-state index < -0.39 is 11.9 Å². The lowest BCUT2D eigenvalue weighted by molar-refractivity contribution is -0.145. The summed E-state index contributed by atoms with van der Waals surface area (Å²) in [6, 6.07) is 6.95. The second-order valence-electron chi connectivity index (χ2n) is 6.35. The Morgan fingerprint density at radius 1 is 1.30 bits per heavy atom. The van der Waals surface area contributed by atoms with Crippen LogP contribution in [0.25, 0.3) is 11.4 Å². The van der Waals surface area contributed by atoms with Crippen LogP contribution in [0.2, 0.25) is 5.02 Å². The number of ether oxygens (including phenoxy) is 1. The molecule has 1 saturated heterocycles. The summed E-state index contributed by atoms with van der Waals surface area (Å²) < 4.78 is 5.27. The molecule has 144 valence electrons. The number of carboxylic acids is 1. The van der Waals surface area contributed by atoms with Crippen LogP contribution in [0.4, 0.5) is 0 Å². The Labute approximate surface area is 160 Å². The van der Waals surface area contributed by atoms with E-state index in [9.17, 15) is 14.7 Å². The molecule has 9 nitrogen and oxygen atoms in total. The number of halogens is 1. The number of carbonyl (C=O) groups excluding carboxylic acids is 1. The fourth-order valence-corrected chi connectivity index (χ4v) is 3.13. The van der Waals surface area contributed by atoms with Gasteiger partial charge in [-0.05, 0) is 48.2 Å². The van der Waals surface area contributed by atoms with Crippen molar-refractivity contribution in [3.05, 3.63) is 29.3 Å². The van der Waals surface area contributed by atoms with Crippen LogP contribution in [-0.4, -0.2) is 56.9 Å². The van der Waals surface area contributed by atoms with Gasteiger partial charge in [0.15, 0.2) is 0 Å². The van der Waals surface area contributed by atoms with Gasteiger partial charge in [-0.15, -0.1) is 10.2 Å². The van der Waals surface area contributed by atoms with E-state index in [0.717, 1.165) is 5.56 Å². The van der Waals surface area contributed by atoms with Crippen LogP contribution in [0, 0.1) is 11.8 Å². The predicted molar refractivity (Wildman–Crippen MR) is 95.9 cm³/mol. The van der Waals surface area contributed by atoms with Gasteiger partial charge in [0, 0.05) is 30.3 Å². The Kier molecular flexibility index (Phi) is 6.36. The maximum absolute atomic E-state index is 12.1. The van der Waals surface area contributed by atoms with Crippen molar-refractivity contribution >= 4 is 23.5 Å². The third-order valence-corrected chi connectivity index (χ3v) is 4.76. The molecule has 1 aliphatic heterocycles. The van der Waals surface area contributed by atoms with Crippen LogP contribution in [-0.2, 0) is 20.9 Å². The number of tetrazole rings is 1. The Morgan fingerprint density at radius 2 is 2.00 bits per heavy atom. The van der Waals surface area contributed by atoms with E-state index >= 15 is 0 Å². The zero-order valence-electron chi connectivity index (χ0n) is 14.5. The number of nitrogens with one attached hydrogen (secondary N) is 1. The smallest absolute Gasteiger partial charge is 0.308 e. The summed E-state index contributed by atoms with van der Waals surface area (Å²) in [7, 11) is 0. The number of carboxylic acid groups (broad SMARTS) is 1. The van der Waals surface area contributed by atoms with Gasteiger partial charge in [-0.25, -0.2) is 0 Å². The summed E-state index contributed by atoms with van der Waals surface area (Å²) in [5, 5.41) is 24.6. The quantitative estimate of drug-likeness (QED) is 0.726. The van der Waals surface area contributed by atoms with Crippen LogP contribution < -0.4 is 5.32 Å². The first kappa shape index (κ1) is 19.2. The maximum atomic E-state index is 12.1. The molecule has 1 aromatic carbocycles. The number of hydrogen-bond acceptors (Lipinski definition) is 6. The zero-order valence-corrected chi connectivity index (χ0v) is 15.3. The van der Waals surface area contributed by atoms with Crippen LogP contribution in [0.15, 0.2) is 24.3 Å². The first-order valence-corrected chi connectivity index (χ1v) is 9.01. The minimum Gasteiger partial charge on any atom is -0.481 e. The van der Waals surface area contributed by atoms with Crippen molar-refractivity contribution in [3.63, 3.8) is 0 Å². The molecule has 1 aliphatic rings. The Bertz CT molecular complexity index is 789. The monoisotopic (exact) mass is 393 g/mol. The molecule has 0 saturated carbocycles. The lowest BCUT2D eigenvalue weighted by Crippen LogP contribution is -2.40. The molecule has 1 atom stereocenters. The van der Waals surface area contributed by atoms with E-state index in [1.165, 1.54) is 4.80 Å². The van der Waals surface area contributed by atoms with E-state index in [1.807, 2.05) is 0 Å². The SMILES string of the molecule is O=C(Cn1nnc(-c2ccc(Cl)cc2)n1)NCC(C(=O)O)C1CCOCC1. The molecule has 10 heteroatoms. The fourth-order valence-electron chi connectivity index (χ4n) is 3.01. The Morgan fingerprint density at radius 3 is 2.67 bits per heavy atom. The van der Waals surface area contributed by atoms with Crippen molar-refractivity contribution in [3.8, 4) is 11.4 Å². The Hall–Kier alpha value is -2.52. The molecule has 1 aromatic heterocycles. The number of carbonyl (C=O) groups is 2. The number of nitrogens with zero attached hydrogens (tertiary/aromatic N) is 4. The summed E-state index contributed by atoms with van der Waals surface area (Å²) in [6.07, 6.45) is 1.36. The van der Waals surface area contributed by atoms with E-state index in [2.05, 4.69) is 20.7 Å². The van der Waals surface area contributed by atoms with Gasteiger partial charge in [-0.2, -0.15) is 4.80 Å². The first-order chi connectivity index (χ1) is 13.0. The standard InChI is InChI=1S/C17H20ClN5O4/c18-13-3-1-12(2-4-13)16-20-22-23(21-16)10-15(24)19-9-14(17(25)26)11-5-7-27-8-6-11/h1-4,11,14H,5-10H2,(H,19,24)(H,25,26). The van der Waals surface area contributed by atoms with Crippen LogP contribution >= 0.6 is 11.6 Å². The summed E-state index contributed by atoms with van der Waals surface area (Å²) in [5.41, 5.74) is 0.733. The summed E-state index contributed by atoms with van der Waals surface area (Å²) in [4.78, 5) is 24.8. The van der Waals surface area contributed by atoms with E-state index in [4.69, 9.17) is 16.3 Å². The van der Waals surface area contributed by atoms with Gasteiger partial charge in [0.1, 0.15) is 6.54 Å². The lowest BCUT2D eigenvalue weighted by Gasteiger charge is -2.27. The molecule has 2 aromatic rings. The minimum atomic E-state index is -0.911. The van der Waals surface area contributed by atoms with Crippen molar-refractivity contribution < 1.29 is 19.4 Å². The second kappa shape index (κ2) is 8.92. The van der Waals surface area contributed by atoms with Gasteiger partial charge in [0.05, 0.1) is 5.92 Å². The summed E-state index contributed by atoms with van der Waals surface area (Å²) in [6.45, 7) is 1.04. The Balaban J connectivity index is 1.54. The molecule has 1 amide bonds. The molecule has 2 heterocycles. The van der Waals surface area contributed by atoms with Crippen LogP contribution in [0.5, 0.6) is 0 Å². The number of aliphatic carboxylic acids is 1. The molecule has 0 spiro atoms. The number of aromatic nitrogens is 4. The normalized spacial score (nSPS) is 16.0. The molecule has 1 fully saturated rings. The third-order valence-electron chi connectivity index (χ3n) is 4.51. The average molecular weight is 394 g/mol. The first-order valence-electron chi connectivity index (χ1n) is 8.64. The number of benzene rings is 1. The molecule has 2 N–H and O–H groups in total. The highest BCUT2D eigenvalue weighted by atomic mass is 35.5. The molecule has 27 heavy (non-hydrogen) atoms. The van der Waals surface area contributed by atoms with Gasteiger partial charge < -0.3 is 15.2 Å². The van der Waals surface area contributed by atoms with Gasteiger partial charge in [-0.3, -0.25) is 9.59 Å². The molecular formula is C17H20ClN5O4. The van der Waals surface area contributed by atoms with Crippen LogP contribution in [0.1, 0.15) is 12.8 Å². The van der Waals surface area contributed by atoms with Gasteiger partial charge in [0.2, 0.25) is 11.7 Å². The molecule has 3 rings (SSSR count). The number of rotatable bonds is 7. The highest BCUT2D eigenvalue weighted by Crippen LogP contribution is 2.23. The fraction of sp³-hybridized carbons (Fsp3) is 0.471. The topological polar surface area (TPSA) is 119 Å². The van der Waals surface area contributed by atoms with Gasteiger partial charge in [-0.1, -0.05) is 11.6 Å². The van der Waals surface area contributed by atoms with E-state index in [0.29, 0.717) is 36.9 Å². The van der Waals surface area contributed by atoms with E-state index in [-0.39, 0.29) is 24.9 Å². The molecular weight excluding hydrogens is 374 g/mol. The predicted octanol–water partition coefficient (Wildman–Crippen LogP) is 1.24. The number of hydrogen-bond donors (Lipinski definition) is 2. The average Bonchev–Trinajstić information content (AvgIpc) is 3.11. The molecule has 1 unspecified atom stereocenters. The second-order valence-corrected chi connectivity index (χ2v) is 6.79. The van der Waals surface area contributed by atoms with Crippen molar-refractivity contribution in [2.24, 2.45) is 11.8 Å². The van der Waals surface area contributed by atoms with Crippen molar-refractivity contribution in [2.45, 2.75) is 19.4 Å². The lowest BCUT2D eigenvalue weighted by atomic mass is 9.86. The highest BCUT2D eigenvalue weighted by molar-refractivity contribution is 6.30. The molecule has 0 radical (unpaired) electrons. The van der Waals surface area contributed by atoms with E-state index in [1.54, 1.807) is 24.3 Å². The summed E-state index contributed by atoms with van der Waals surface area (Å²) in [5.74, 6) is -1.53. The van der Waals surface area contributed by atoms with Gasteiger partial charge in [0.25, 0.3) is 0 Å². The third kappa shape index (κ3) is 5.24. The van der Waals surface area contributed by atoms with Gasteiger partial charge >= 0.3 is 5.97 Å². The largest absolute Gasteiger partial charge is 0.481 e. The van der Waals surface area contributed by atoms with Crippen molar-refractivity contribution in [1.29, 1.82) is 0 Å². The summed E-state index contributed by atoms with van der Waals surface area (Å²) >= 11 is 5.85. The maximum Gasteiger partial charge on any atom is 0.308 e. The molecule has 0 bridgehead atoms. The van der Waals surface area contributed by atoms with Crippen molar-refractivity contribution in [1.82, 2.24) is 25.5 Å². The van der Waals surface area contributed by atoms with Crippen LogP contribution in [0.3, 0.4) is 0 Å². The van der Waals surface area contributed by atoms with Crippen molar-refractivity contribution in [2.75, 3.05) is 19.8 Å². The zero-order chi connectivity index (χ0) is 19.2. The highest BCUT2D eigenvalue weighted by Gasteiger charge is 2.30.